The van der Waals surface area contributed by atoms with E-state index in [-0.39, 0.29) is 0 Å². The average molecular weight is 439 g/mol. The summed E-state index contributed by atoms with van der Waals surface area (Å²) in [6.45, 7) is 10.8. The number of aliphatic hydroxyl groups excluding tert-OH is 2. The van der Waals surface area contributed by atoms with E-state index in [4.69, 9.17) is 0 Å². The Hall–Kier alpha value is -0.190. The van der Waals surface area contributed by atoms with Crippen molar-refractivity contribution in [2.75, 3.05) is 0 Å². The largest absolute Gasteiger partial charge is 0.390 e. The summed E-state index contributed by atoms with van der Waals surface area (Å²) in [6.07, 6.45) is 8.25. The first-order valence-corrected chi connectivity index (χ1v) is 13.1. The second-order valence-electron chi connectivity index (χ2n) is 13.2. The van der Waals surface area contributed by atoms with Gasteiger partial charge in [0.05, 0.1) is 11.7 Å². The highest BCUT2D eigenvalue weighted by Crippen LogP contribution is 2.70. The van der Waals surface area contributed by atoms with Crippen LogP contribution in [0.5, 0.6) is 0 Å². The third-order valence-corrected chi connectivity index (χ3v) is 11.0. The molecule has 0 radical (unpaired) electrons. The maximum absolute atomic E-state index is 16.3. The first kappa shape index (κ1) is 24.0. The number of aliphatic hydroxyl groups is 3. The van der Waals surface area contributed by atoms with Crippen LogP contribution in [0.3, 0.4) is 0 Å². The van der Waals surface area contributed by atoms with Crippen LogP contribution in [-0.2, 0) is 0 Å². The SMILES string of the molecule is C[C@H](CCCC(C)(C)O)[C@H]1CC[C@H]2[C@@H]3CC[C@@]4(F)[C@@H](O)[C@@H](O)CC[C@]4(C)[C@H]3CC[C@]12C. The van der Waals surface area contributed by atoms with Crippen LogP contribution in [-0.4, -0.2) is 38.8 Å². The topological polar surface area (TPSA) is 60.7 Å². The van der Waals surface area contributed by atoms with Crippen LogP contribution in [0.2, 0.25) is 0 Å². The summed E-state index contributed by atoms with van der Waals surface area (Å²) in [5, 5.41) is 30.9. The van der Waals surface area contributed by atoms with Crippen LogP contribution in [0.1, 0.15) is 105 Å². The molecule has 0 amide bonds. The van der Waals surface area contributed by atoms with E-state index in [1.807, 2.05) is 13.8 Å². The van der Waals surface area contributed by atoms with Crippen molar-refractivity contribution in [1.29, 1.82) is 0 Å². The molecule has 3 N–H and O–H groups in total. The van der Waals surface area contributed by atoms with Crippen molar-refractivity contribution in [3.8, 4) is 0 Å². The molecule has 0 spiro atoms. The predicted molar refractivity (Wildman–Crippen MR) is 122 cm³/mol. The summed E-state index contributed by atoms with van der Waals surface area (Å²) in [7, 11) is 0. The molecule has 4 heteroatoms. The monoisotopic (exact) mass is 438 g/mol. The summed E-state index contributed by atoms with van der Waals surface area (Å²) in [5.41, 5.74) is -2.38. The molecular weight excluding hydrogens is 391 g/mol. The van der Waals surface area contributed by atoms with Crippen molar-refractivity contribution in [2.45, 2.75) is 129 Å². The maximum atomic E-state index is 16.3. The van der Waals surface area contributed by atoms with Gasteiger partial charge in [0.15, 0.2) is 0 Å². The quantitative estimate of drug-likeness (QED) is 0.520. The van der Waals surface area contributed by atoms with Crippen molar-refractivity contribution >= 4 is 0 Å². The predicted octanol–water partition coefficient (Wildman–Crippen LogP) is 5.65. The number of fused-ring (bicyclic) bond motifs is 5. The van der Waals surface area contributed by atoms with E-state index < -0.39 is 28.9 Å². The van der Waals surface area contributed by atoms with Crippen LogP contribution in [0.15, 0.2) is 0 Å². The normalized spacial score (nSPS) is 51.0. The molecule has 0 unspecified atom stereocenters. The maximum Gasteiger partial charge on any atom is 0.144 e. The van der Waals surface area contributed by atoms with Crippen molar-refractivity contribution in [2.24, 2.45) is 40.4 Å². The minimum absolute atomic E-state index is 0.329. The lowest BCUT2D eigenvalue weighted by molar-refractivity contribution is -0.235. The van der Waals surface area contributed by atoms with Crippen LogP contribution in [0.4, 0.5) is 4.39 Å². The molecule has 0 aromatic heterocycles. The molecule has 4 rings (SSSR count). The Balaban J connectivity index is 1.49. The van der Waals surface area contributed by atoms with Gasteiger partial charge in [0.25, 0.3) is 0 Å². The zero-order valence-corrected chi connectivity index (χ0v) is 20.5. The zero-order chi connectivity index (χ0) is 22.8. The molecule has 4 saturated carbocycles. The Morgan fingerprint density at radius 1 is 0.968 bits per heavy atom. The summed E-state index contributed by atoms with van der Waals surface area (Å²) in [4.78, 5) is 0. The average Bonchev–Trinajstić information content (AvgIpc) is 3.03. The zero-order valence-electron chi connectivity index (χ0n) is 20.5. The van der Waals surface area contributed by atoms with Gasteiger partial charge in [0, 0.05) is 5.41 Å². The van der Waals surface area contributed by atoms with Crippen molar-refractivity contribution < 1.29 is 19.7 Å². The second-order valence-corrected chi connectivity index (χ2v) is 13.2. The van der Waals surface area contributed by atoms with Gasteiger partial charge in [-0.25, -0.2) is 4.39 Å². The number of halogens is 1. The second kappa shape index (κ2) is 7.94. The molecule has 0 heterocycles. The third-order valence-electron chi connectivity index (χ3n) is 11.0. The van der Waals surface area contributed by atoms with Gasteiger partial charge < -0.3 is 15.3 Å². The summed E-state index contributed by atoms with van der Waals surface area (Å²) >= 11 is 0. The minimum atomic E-state index is -1.64. The van der Waals surface area contributed by atoms with Gasteiger partial charge in [-0.05, 0) is 107 Å². The van der Waals surface area contributed by atoms with Gasteiger partial charge in [0.2, 0.25) is 0 Å². The lowest BCUT2D eigenvalue weighted by atomic mass is 9.43. The number of hydrogen-bond acceptors (Lipinski definition) is 3. The van der Waals surface area contributed by atoms with Crippen LogP contribution >= 0.6 is 0 Å². The van der Waals surface area contributed by atoms with Gasteiger partial charge >= 0.3 is 0 Å². The minimum Gasteiger partial charge on any atom is -0.390 e. The third kappa shape index (κ3) is 3.71. The Kier molecular flexibility index (Phi) is 6.14. The Labute approximate surface area is 189 Å². The molecule has 3 nitrogen and oxygen atoms in total. The van der Waals surface area contributed by atoms with E-state index in [0.29, 0.717) is 48.3 Å². The first-order chi connectivity index (χ1) is 14.3. The molecule has 0 aliphatic heterocycles. The molecule has 4 aliphatic carbocycles. The van der Waals surface area contributed by atoms with Crippen LogP contribution in [0.25, 0.3) is 0 Å². The molecule has 180 valence electrons. The standard InChI is InChI=1S/C27H47FO3/c1-17(7-6-13-24(2,3)31)19-8-9-20-18-10-16-27(28)23(30)22(29)12-15-26(27,5)21(18)11-14-25(19,20)4/h17-23,29-31H,6-16H2,1-5H3/t17-,18+,19-,20+,21+,22+,23+,25-,26-,27-/m1/s1. The summed E-state index contributed by atoms with van der Waals surface area (Å²) in [6, 6.07) is 0. The van der Waals surface area contributed by atoms with Crippen molar-refractivity contribution in [1.82, 2.24) is 0 Å². The fourth-order valence-electron chi connectivity index (χ4n) is 9.27. The molecule has 4 aliphatic rings. The first-order valence-electron chi connectivity index (χ1n) is 13.1. The van der Waals surface area contributed by atoms with E-state index in [2.05, 4.69) is 20.8 Å². The van der Waals surface area contributed by atoms with Crippen molar-refractivity contribution in [3.05, 3.63) is 0 Å². The lowest BCUT2D eigenvalue weighted by Crippen LogP contribution is -2.67. The highest BCUT2D eigenvalue weighted by Gasteiger charge is 2.68. The van der Waals surface area contributed by atoms with Gasteiger partial charge in [0.1, 0.15) is 11.8 Å². The van der Waals surface area contributed by atoms with Gasteiger partial charge in [-0.15, -0.1) is 0 Å². The molecule has 4 fully saturated rings. The molecule has 0 bridgehead atoms. The highest BCUT2D eigenvalue weighted by atomic mass is 19.1. The van der Waals surface area contributed by atoms with E-state index >= 15 is 4.39 Å². The van der Waals surface area contributed by atoms with Crippen LogP contribution < -0.4 is 0 Å². The Morgan fingerprint density at radius 3 is 2.35 bits per heavy atom. The fraction of sp³-hybridized carbons (Fsp3) is 1.00. The lowest BCUT2D eigenvalue weighted by Gasteiger charge is -2.64. The number of rotatable bonds is 5. The summed E-state index contributed by atoms with van der Waals surface area (Å²) in [5.74, 6) is 2.95. The van der Waals surface area contributed by atoms with E-state index in [1.54, 1.807) is 0 Å². The highest BCUT2D eigenvalue weighted by molar-refractivity contribution is 5.17. The van der Waals surface area contributed by atoms with E-state index in [1.165, 1.54) is 25.7 Å². The van der Waals surface area contributed by atoms with E-state index in [9.17, 15) is 15.3 Å². The van der Waals surface area contributed by atoms with E-state index in [0.717, 1.165) is 31.6 Å². The Morgan fingerprint density at radius 2 is 1.68 bits per heavy atom. The summed E-state index contributed by atoms with van der Waals surface area (Å²) < 4.78 is 16.3. The van der Waals surface area contributed by atoms with Gasteiger partial charge in [-0.1, -0.05) is 33.6 Å². The van der Waals surface area contributed by atoms with Gasteiger partial charge in [-0.2, -0.15) is 0 Å². The smallest absolute Gasteiger partial charge is 0.144 e. The Bertz CT molecular complexity index is 661. The fourth-order valence-corrected chi connectivity index (χ4v) is 9.27. The molecular formula is C27H47FO3. The molecule has 0 aromatic rings. The van der Waals surface area contributed by atoms with Crippen molar-refractivity contribution in [3.63, 3.8) is 0 Å². The van der Waals surface area contributed by atoms with Crippen LogP contribution in [0, 0.1) is 40.4 Å². The number of hydrogen-bond donors (Lipinski definition) is 3. The molecule has 0 aromatic carbocycles. The molecule has 10 atom stereocenters. The molecule has 31 heavy (non-hydrogen) atoms. The van der Waals surface area contributed by atoms with Gasteiger partial charge in [-0.3, -0.25) is 0 Å². The molecule has 0 saturated heterocycles. The number of alkyl halides is 1.